The van der Waals surface area contributed by atoms with Crippen molar-refractivity contribution >= 4 is 11.8 Å². The zero-order valence-electron chi connectivity index (χ0n) is 11.0. The van der Waals surface area contributed by atoms with Crippen LogP contribution in [0.5, 0.6) is 0 Å². The average molecular weight is 241 g/mol. The number of hydrogen-bond donors (Lipinski definition) is 1. The molecule has 1 heterocycles. The largest absolute Gasteiger partial charge is 0.339 e. The molecule has 1 saturated heterocycles. The summed E-state index contributed by atoms with van der Waals surface area (Å²) in [6, 6.07) is -0.401. The predicted molar refractivity (Wildman–Crippen MR) is 66.3 cm³/mol. The van der Waals surface area contributed by atoms with Gasteiger partial charge in [-0.25, -0.2) is 0 Å². The number of nitrogens with zero attached hydrogens (tertiary/aromatic N) is 2. The van der Waals surface area contributed by atoms with Crippen molar-refractivity contribution in [1.82, 2.24) is 9.80 Å². The number of carbonyl (C=O) groups is 2. The molecule has 1 atom stereocenters. The van der Waals surface area contributed by atoms with E-state index in [-0.39, 0.29) is 17.7 Å². The number of hydrogen-bond acceptors (Lipinski definition) is 3. The van der Waals surface area contributed by atoms with Crippen molar-refractivity contribution < 1.29 is 9.59 Å². The van der Waals surface area contributed by atoms with Gasteiger partial charge < -0.3 is 15.5 Å². The standard InChI is InChI=1S/C12H23N3O2/c1-4-10(13)12(17)15-7-5-14(6-8-15)11(16)9(2)3/h9-10H,4-8,13H2,1-3H3. The smallest absolute Gasteiger partial charge is 0.239 e. The van der Waals surface area contributed by atoms with E-state index in [1.807, 2.05) is 25.7 Å². The van der Waals surface area contributed by atoms with E-state index in [0.29, 0.717) is 32.6 Å². The lowest BCUT2D eigenvalue weighted by Gasteiger charge is -2.36. The van der Waals surface area contributed by atoms with Crippen LogP contribution >= 0.6 is 0 Å². The molecule has 1 unspecified atom stereocenters. The van der Waals surface area contributed by atoms with Crippen LogP contribution < -0.4 is 5.73 Å². The van der Waals surface area contributed by atoms with Crippen LogP contribution in [0.15, 0.2) is 0 Å². The van der Waals surface area contributed by atoms with Gasteiger partial charge in [-0.3, -0.25) is 9.59 Å². The normalized spacial score (nSPS) is 18.4. The van der Waals surface area contributed by atoms with E-state index in [1.165, 1.54) is 0 Å². The quantitative estimate of drug-likeness (QED) is 0.759. The fourth-order valence-electron chi connectivity index (χ4n) is 1.92. The molecule has 0 aromatic heterocycles. The lowest BCUT2D eigenvalue weighted by Crippen LogP contribution is -2.54. The molecule has 1 fully saturated rings. The van der Waals surface area contributed by atoms with Gasteiger partial charge in [-0.15, -0.1) is 0 Å². The van der Waals surface area contributed by atoms with Gasteiger partial charge >= 0.3 is 0 Å². The third-order valence-electron chi connectivity index (χ3n) is 3.15. The van der Waals surface area contributed by atoms with Gasteiger partial charge in [0.25, 0.3) is 0 Å². The molecule has 2 N–H and O–H groups in total. The number of carbonyl (C=O) groups excluding carboxylic acids is 2. The maximum absolute atomic E-state index is 11.8. The SMILES string of the molecule is CCC(N)C(=O)N1CCN(C(=O)C(C)C)CC1. The molecule has 0 saturated carbocycles. The van der Waals surface area contributed by atoms with Gasteiger partial charge in [-0.05, 0) is 6.42 Å². The van der Waals surface area contributed by atoms with Crippen LogP contribution in [-0.4, -0.2) is 53.8 Å². The van der Waals surface area contributed by atoms with Crippen molar-refractivity contribution in [2.45, 2.75) is 33.2 Å². The fourth-order valence-corrected chi connectivity index (χ4v) is 1.92. The summed E-state index contributed by atoms with van der Waals surface area (Å²) in [5.74, 6) is 0.191. The zero-order chi connectivity index (χ0) is 13.0. The molecule has 0 aromatic carbocycles. The lowest BCUT2D eigenvalue weighted by molar-refractivity contribution is -0.142. The first-order valence-corrected chi connectivity index (χ1v) is 6.30. The number of piperazine rings is 1. The van der Waals surface area contributed by atoms with Crippen molar-refractivity contribution in [2.75, 3.05) is 26.2 Å². The summed E-state index contributed by atoms with van der Waals surface area (Å²) in [4.78, 5) is 27.2. The first kappa shape index (κ1) is 14.0. The van der Waals surface area contributed by atoms with Crippen molar-refractivity contribution in [3.8, 4) is 0 Å². The van der Waals surface area contributed by atoms with E-state index in [0.717, 1.165) is 0 Å². The Morgan fingerprint density at radius 1 is 1.06 bits per heavy atom. The summed E-state index contributed by atoms with van der Waals surface area (Å²) in [6.07, 6.45) is 0.657. The highest BCUT2D eigenvalue weighted by atomic mass is 16.2. The highest BCUT2D eigenvalue weighted by Gasteiger charge is 2.27. The molecule has 0 radical (unpaired) electrons. The van der Waals surface area contributed by atoms with Gasteiger partial charge in [0.2, 0.25) is 11.8 Å². The number of amides is 2. The number of nitrogens with two attached hydrogens (primary N) is 1. The van der Waals surface area contributed by atoms with E-state index in [9.17, 15) is 9.59 Å². The van der Waals surface area contributed by atoms with Gasteiger partial charge in [0.15, 0.2) is 0 Å². The number of rotatable bonds is 3. The van der Waals surface area contributed by atoms with Crippen LogP contribution in [0.25, 0.3) is 0 Å². The molecule has 98 valence electrons. The van der Waals surface area contributed by atoms with Crippen LogP contribution in [0.4, 0.5) is 0 Å². The summed E-state index contributed by atoms with van der Waals surface area (Å²) in [5, 5.41) is 0. The van der Waals surface area contributed by atoms with Gasteiger partial charge in [0, 0.05) is 32.1 Å². The Bertz CT molecular complexity index is 283. The maximum Gasteiger partial charge on any atom is 0.239 e. The van der Waals surface area contributed by atoms with E-state index < -0.39 is 6.04 Å². The van der Waals surface area contributed by atoms with Crippen LogP contribution in [0.2, 0.25) is 0 Å². The van der Waals surface area contributed by atoms with E-state index in [1.54, 1.807) is 4.90 Å². The Labute approximate surface area is 103 Å². The third kappa shape index (κ3) is 3.43. The molecule has 1 aliphatic heterocycles. The minimum atomic E-state index is -0.401. The molecule has 1 aliphatic rings. The van der Waals surface area contributed by atoms with E-state index >= 15 is 0 Å². The average Bonchev–Trinajstić information content (AvgIpc) is 2.36. The summed E-state index contributed by atoms with van der Waals surface area (Å²) < 4.78 is 0. The van der Waals surface area contributed by atoms with Crippen LogP contribution in [0.1, 0.15) is 27.2 Å². The summed E-state index contributed by atoms with van der Waals surface area (Å²) in [5.41, 5.74) is 5.72. The summed E-state index contributed by atoms with van der Waals surface area (Å²) in [7, 11) is 0. The maximum atomic E-state index is 11.8. The molecular formula is C12H23N3O2. The topological polar surface area (TPSA) is 66.6 Å². The minimum Gasteiger partial charge on any atom is -0.339 e. The molecule has 17 heavy (non-hydrogen) atoms. The second kappa shape index (κ2) is 6.00. The van der Waals surface area contributed by atoms with Gasteiger partial charge in [-0.2, -0.15) is 0 Å². The van der Waals surface area contributed by atoms with Gasteiger partial charge in [0.1, 0.15) is 0 Å². The molecule has 2 amide bonds. The predicted octanol–water partition coefficient (Wildman–Crippen LogP) is 0.0505. The molecular weight excluding hydrogens is 218 g/mol. The van der Waals surface area contributed by atoms with Crippen LogP contribution in [0, 0.1) is 5.92 Å². The summed E-state index contributed by atoms with van der Waals surface area (Å²) >= 11 is 0. The fraction of sp³-hybridized carbons (Fsp3) is 0.833. The van der Waals surface area contributed by atoms with Crippen molar-refractivity contribution in [1.29, 1.82) is 0 Å². The molecule has 5 nitrogen and oxygen atoms in total. The zero-order valence-corrected chi connectivity index (χ0v) is 11.0. The molecule has 0 aliphatic carbocycles. The molecule has 0 bridgehead atoms. The first-order chi connectivity index (χ1) is 7.97. The highest BCUT2D eigenvalue weighted by Crippen LogP contribution is 2.08. The van der Waals surface area contributed by atoms with Crippen LogP contribution in [-0.2, 0) is 9.59 Å². The second-order valence-corrected chi connectivity index (χ2v) is 4.82. The molecule has 0 aromatic rings. The van der Waals surface area contributed by atoms with Crippen molar-refractivity contribution in [3.05, 3.63) is 0 Å². The molecule has 0 spiro atoms. The molecule has 1 rings (SSSR count). The minimum absolute atomic E-state index is 0.00384. The second-order valence-electron chi connectivity index (χ2n) is 4.82. The Morgan fingerprint density at radius 3 is 1.82 bits per heavy atom. The first-order valence-electron chi connectivity index (χ1n) is 6.30. The Hall–Kier alpha value is -1.10. The van der Waals surface area contributed by atoms with Crippen molar-refractivity contribution in [3.63, 3.8) is 0 Å². The summed E-state index contributed by atoms with van der Waals surface area (Å²) in [6.45, 7) is 8.15. The third-order valence-corrected chi connectivity index (χ3v) is 3.15. The molecule has 5 heteroatoms. The van der Waals surface area contributed by atoms with Crippen LogP contribution in [0.3, 0.4) is 0 Å². The van der Waals surface area contributed by atoms with E-state index in [2.05, 4.69) is 0 Å². The lowest BCUT2D eigenvalue weighted by atomic mass is 10.1. The Morgan fingerprint density at radius 2 is 1.47 bits per heavy atom. The van der Waals surface area contributed by atoms with Gasteiger partial charge in [-0.1, -0.05) is 20.8 Å². The Balaban J connectivity index is 2.46. The monoisotopic (exact) mass is 241 g/mol. The highest BCUT2D eigenvalue weighted by molar-refractivity contribution is 5.82. The van der Waals surface area contributed by atoms with Gasteiger partial charge in [0.05, 0.1) is 6.04 Å². The van der Waals surface area contributed by atoms with Crippen molar-refractivity contribution in [2.24, 2.45) is 11.7 Å². The Kier molecular flexibility index (Phi) is 4.93. The van der Waals surface area contributed by atoms with E-state index in [4.69, 9.17) is 5.73 Å².